The van der Waals surface area contributed by atoms with Crippen LogP contribution in [-0.4, -0.2) is 37.4 Å². The minimum atomic E-state index is -3.74. The second kappa shape index (κ2) is 7.55. The smallest absolute Gasteiger partial charge is 0.244 e. The van der Waals surface area contributed by atoms with Crippen molar-refractivity contribution < 1.29 is 13.2 Å². The first-order valence-corrected chi connectivity index (χ1v) is 9.61. The molecule has 1 atom stereocenters. The van der Waals surface area contributed by atoms with E-state index in [2.05, 4.69) is 9.82 Å². The van der Waals surface area contributed by atoms with Gasteiger partial charge in [-0.1, -0.05) is 26.0 Å². The molecule has 0 saturated heterocycles. The zero-order valence-corrected chi connectivity index (χ0v) is 15.9. The molecule has 1 aromatic carbocycles. The molecule has 1 heterocycles. The average molecular weight is 366 g/mol. The number of hydrogen-bond acceptors (Lipinski definition) is 5. The summed E-state index contributed by atoms with van der Waals surface area (Å²) in [5.41, 5.74) is 5.76. The van der Waals surface area contributed by atoms with Gasteiger partial charge in [-0.3, -0.25) is 0 Å². The van der Waals surface area contributed by atoms with Crippen molar-refractivity contribution in [2.45, 2.75) is 37.6 Å². The van der Waals surface area contributed by atoms with Gasteiger partial charge in [0.2, 0.25) is 10.0 Å². The molecule has 8 heteroatoms. The predicted octanol–water partition coefficient (Wildman–Crippen LogP) is 1.92. The normalized spacial score (nSPS) is 14.5. The van der Waals surface area contributed by atoms with E-state index < -0.39 is 15.6 Å². The van der Waals surface area contributed by atoms with Crippen LogP contribution < -0.4 is 15.2 Å². The molecule has 25 heavy (non-hydrogen) atoms. The summed E-state index contributed by atoms with van der Waals surface area (Å²) in [5.74, 6) is 0.918. The number of sulfonamides is 1. The van der Waals surface area contributed by atoms with Crippen LogP contribution in [-0.2, 0) is 10.0 Å². The van der Waals surface area contributed by atoms with Gasteiger partial charge in [0.05, 0.1) is 19.5 Å². The van der Waals surface area contributed by atoms with E-state index in [-0.39, 0.29) is 11.4 Å². The highest BCUT2D eigenvalue weighted by Crippen LogP contribution is 2.24. The van der Waals surface area contributed by atoms with Crippen LogP contribution in [0.25, 0.3) is 5.69 Å². The average Bonchev–Trinajstić information content (AvgIpc) is 3.04. The summed E-state index contributed by atoms with van der Waals surface area (Å²) in [6.45, 7) is 6.09. The molecule has 0 aliphatic rings. The fourth-order valence-corrected chi connectivity index (χ4v) is 4.20. The lowest BCUT2D eigenvalue weighted by atomic mass is 9.92. The Hall–Kier alpha value is -1.90. The van der Waals surface area contributed by atoms with Gasteiger partial charge >= 0.3 is 0 Å². The number of nitrogens with two attached hydrogens (primary N) is 1. The molecule has 0 saturated carbocycles. The standard InChI is InChI=1S/C17H26N4O3S/c1-13(2)9-17(3,12-18)20-25(22,23)14-10-19-21(11-14)15-7-5-6-8-16(15)24-4/h5-8,10-11,13,20H,9,12,18H2,1-4H3. The molecule has 0 aliphatic heterocycles. The fourth-order valence-electron chi connectivity index (χ4n) is 2.85. The Kier molecular flexibility index (Phi) is 5.87. The van der Waals surface area contributed by atoms with Gasteiger partial charge in [-0.15, -0.1) is 0 Å². The molecule has 138 valence electrons. The van der Waals surface area contributed by atoms with Crippen molar-refractivity contribution in [1.82, 2.24) is 14.5 Å². The van der Waals surface area contributed by atoms with Gasteiger partial charge in [0.25, 0.3) is 0 Å². The molecule has 1 aromatic heterocycles. The molecular weight excluding hydrogens is 340 g/mol. The molecule has 0 aliphatic carbocycles. The van der Waals surface area contributed by atoms with Crippen molar-refractivity contribution in [3.05, 3.63) is 36.7 Å². The van der Waals surface area contributed by atoms with Gasteiger partial charge in [0.1, 0.15) is 16.3 Å². The number of ether oxygens (including phenoxy) is 1. The molecule has 0 spiro atoms. The van der Waals surface area contributed by atoms with Crippen molar-refractivity contribution in [2.75, 3.05) is 13.7 Å². The number of benzene rings is 1. The minimum absolute atomic E-state index is 0.0850. The predicted molar refractivity (Wildman–Crippen MR) is 97.4 cm³/mol. The summed E-state index contributed by atoms with van der Waals surface area (Å²) in [5, 5.41) is 4.16. The van der Waals surface area contributed by atoms with Crippen LogP contribution in [0.2, 0.25) is 0 Å². The van der Waals surface area contributed by atoms with E-state index in [0.717, 1.165) is 0 Å². The van der Waals surface area contributed by atoms with Gasteiger partial charge in [-0.25, -0.2) is 17.8 Å². The Morgan fingerprint density at radius 1 is 1.36 bits per heavy atom. The Balaban J connectivity index is 2.31. The van der Waals surface area contributed by atoms with Gasteiger partial charge in [-0.2, -0.15) is 5.10 Å². The highest BCUT2D eigenvalue weighted by Gasteiger charge is 2.31. The van der Waals surface area contributed by atoms with Crippen molar-refractivity contribution in [3.8, 4) is 11.4 Å². The Morgan fingerprint density at radius 3 is 2.64 bits per heavy atom. The monoisotopic (exact) mass is 366 g/mol. The summed E-state index contributed by atoms with van der Waals surface area (Å²) >= 11 is 0. The fraction of sp³-hybridized carbons (Fsp3) is 0.471. The van der Waals surface area contributed by atoms with Gasteiger partial charge in [0.15, 0.2) is 0 Å². The Labute approximate surface area is 149 Å². The number of para-hydroxylation sites is 2. The molecule has 0 bridgehead atoms. The Morgan fingerprint density at radius 2 is 2.04 bits per heavy atom. The third kappa shape index (κ3) is 4.59. The first kappa shape index (κ1) is 19.4. The van der Waals surface area contributed by atoms with Gasteiger partial charge in [0, 0.05) is 12.1 Å². The second-order valence-electron chi connectivity index (χ2n) is 6.76. The van der Waals surface area contributed by atoms with Gasteiger partial charge in [-0.05, 0) is 31.4 Å². The SMILES string of the molecule is COc1ccccc1-n1cc(S(=O)(=O)NC(C)(CN)CC(C)C)cn1. The molecule has 0 fully saturated rings. The maximum absolute atomic E-state index is 12.7. The third-order valence-electron chi connectivity index (χ3n) is 3.89. The molecule has 0 radical (unpaired) electrons. The van der Waals surface area contributed by atoms with E-state index >= 15 is 0 Å². The lowest BCUT2D eigenvalue weighted by molar-refractivity contribution is 0.344. The van der Waals surface area contributed by atoms with Crippen LogP contribution in [0, 0.1) is 5.92 Å². The lowest BCUT2D eigenvalue weighted by Gasteiger charge is -2.30. The van der Waals surface area contributed by atoms with E-state index in [1.807, 2.05) is 32.9 Å². The minimum Gasteiger partial charge on any atom is -0.494 e. The lowest BCUT2D eigenvalue weighted by Crippen LogP contribution is -2.51. The van der Waals surface area contributed by atoms with Crippen molar-refractivity contribution in [1.29, 1.82) is 0 Å². The van der Waals surface area contributed by atoms with Crippen LogP contribution in [0.5, 0.6) is 5.75 Å². The van der Waals surface area contributed by atoms with Crippen LogP contribution >= 0.6 is 0 Å². The van der Waals surface area contributed by atoms with Crippen molar-refractivity contribution >= 4 is 10.0 Å². The molecule has 2 rings (SSSR count). The first-order chi connectivity index (χ1) is 11.7. The van der Waals surface area contributed by atoms with Crippen LogP contribution in [0.4, 0.5) is 0 Å². The molecule has 7 nitrogen and oxygen atoms in total. The third-order valence-corrected chi connectivity index (χ3v) is 5.48. The van der Waals surface area contributed by atoms with Crippen molar-refractivity contribution in [2.24, 2.45) is 11.7 Å². The number of nitrogens with one attached hydrogen (secondary N) is 1. The maximum Gasteiger partial charge on any atom is 0.244 e. The van der Waals surface area contributed by atoms with Crippen LogP contribution in [0.3, 0.4) is 0 Å². The van der Waals surface area contributed by atoms with E-state index in [0.29, 0.717) is 23.8 Å². The number of rotatable bonds is 8. The highest BCUT2D eigenvalue weighted by molar-refractivity contribution is 7.89. The molecule has 1 unspecified atom stereocenters. The second-order valence-corrected chi connectivity index (χ2v) is 8.44. The number of methoxy groups -OCH3 is 1. The van der Waals surface area contributed by atoms with Crippen molar-refractivity contribution in [3.63, 3.8) is 0 Å². The molecule has 3 N–H and O–H groups in total. The number of nitrogens with zero attached hydrogens (tertiary/aromatic N) is 2. The van der Waals surface area contributed by atoms with E-state index in [4.69, 9.17) is 10.5 Å². The Bertz CT molecular complexity index is 817. The topological polar surface area (TPSA) is 99.2 Å². The summed E-state index contributed by atoms with van der Waals surface area (Å²) in [6.07, 6.45) is 3.43. The number of hydrogen-bond donors (Lipinski definition) is 2. The summed E-state index contributed by atoms with van der Waals surface area (Å²) in [7, 11) is -2.18. The maximum atomic E-state index is 12.7. The van der Waals surface area contributed by atoms with E-state index in [1.165, 1.54) is 17.1 Å². The van der Waals surface area contributed by atoms with Crippen LogP contribution in [0.15, 0.2) is 41.6 Å². The summed E-state index contributed by atoms with van der Waals surface area (Å²) < 4.78 is 35.0. The molecular formula is C17H26N4O3S. The largest absolute Gasteiger partial charge is 0.494 e. The zero-order valence-electron chi connectivity index (χ0n) is 15.1. The van der Waals surface area contributed by atoms with E-state index in [9.17, 15) is 8.42 Å². The first-order valence-electron chi connectivity index (χ1n) is 8.13. The summed E-state index contributed by atoms with van der Waals surface area (Å²) in [6, 6.07) is 7.26. The summed E-state index contributed by atoms with van der Waals surface area (Å²) in [4.78, 5) is 0.0850. The molecule has 0 amide bonds. The highest BCUT2D eigenvalue weighted by atomic mass is 32.2. The quantitative estimate of drug-likeness (QED) is 0.744. The van der Waals surface area contributed by atoms with Crippen LogP contribution in [0.1, 0.15) is 27.2 Å². The van der Waals surface area contributed by atoms with E-state index in [1.54, 1.807) is 19.2 Å². The number of aromatic nitrogens is 2. The zero-order chi connectivity index (χ0) is 18.7. The molecule has 2 aromatic rings. The van der Waals surface area contributed by atoms with Gasteiger partial charge < -0.3 is 10.5 Å².